The van der Waals surface area contributed by atoms with Gasteiger partial charge in [-0.2, -0.15) is 4.98 Å². The minimum atomic E-state index is -0.493. The second-order valence-electron chi connectivity index (χ2n) is 5.26. The molecular weight excluding hydrogens is 336 g/mol. The predicted octanol–water partition coefficient (Wildman–Crippen LogP) is 2.07. The van der Waals surface area contributed by atoms with Crippen molar-refractivity contribution in [3.63, 3.8) is 0 Å². The second-order valence-corrected chi connectivity index (χ2v) is 5.26. The van der Waals surface area contributed by atoms with E-state index in [0.717, 1.165) is 11.3 Å². The van der Waals surface area contributed by atoms with Crippen LogP contribution in [0.15, 0.2) is 65.4 Å². The van der Waals surface area contributed by atoms with E-state index in [4.69, 9.17) is 9.26 Å². The molecule has 0 aliphatic heterocycles. The lowest BCUT2D eigenvalue weighted by molar-refractivity contribution is 0.0430. The van der Waals surface area contributed by atoms with Crippen LogP contribution in [0, 0.1) is 0 Å². The van der Waals surface area contributed by atoms with Crippen molar-refractivity contribution in [2.24, 2.45) is 0 Å². The number of tetrazole rings is 1. The van der Waals surface area contributed by atoms with Gasteiger partial charge in [-0.05, 0) is 34.7 Å². The molecule has 0 saturated carbocycles. The van der Waals surface area contributed by atoms with Crippen LogP contribution in [0.25, 0.3) is 17.1 Å². The van der Waals surface area contributed by atoms with Gasteiger partial charge < -0.3 is 9.26 Å². The molecule has 9 heteroatoms. The van der Waals surface area contributed by atoms with Crippen molar-refractivity contribution >= 4 is 5.97 Å². The number of hydrogen-bond donors (Lipinski definition) is 0. The van der Waals surface area contributed by atoms with E-state index in [1.54, 1.807) is 24.3 Å². The standard InChI is InChI=1S/C17H12N6O3/c24-17(13-6-8-14(9-7-13)23-11-18-21-22-23)25-10-15-19-16(20-26-15)12-4-2-1-3-5-12/h1-9,11H,10H2. The minimum Gasteiger partial charge on any atom is -0.452 e. The molecule has 4 aromatic rings. The van der Waals surface area contributed by atoms with Crippen LogP contribution < -0.4 is 0 Å². The van der Waals surface area contributed by atoms with E-state index >= 15 is 0 Å². The number of esters is 1. The first-order valence-corrected chi connectivity index (χ1v) is 7.68. The molecule has 0 N–H and O–H groups in total. The van der Waals surface area contributed by atoms with Gasteiger partial charge in [0, 0.05) is 5.56 Å². The Bertz CT molecular complexity index is 997. The van der Waals surface area contributed by atoms with Gasteiger partial charge in [-0.25, -0.2) is 9.48 Å². The van der Waals surface area contributed by atoms with Crippen molar-refractivity contribution in [1.82, 2.24) is 30.3 Å². The Morgan fingerprint density at radius 1 is 1.08 bits per heavy atom. The highest BCUT2D eigenvalue weighted by Crippen LogP contribution is 2.15. The molecule has 0 aliphatic rings. The maximum atomic E-state index is 12.1. The molecule has 9 nitrogen and oxygen atoms in total. The van der Waals surface area contributed by atoms with Crippen LogP contribution in [0.3, 0.4) is 0 Å². The normalized spacial score (nSPS) is 10.6. The minimum absolute atomic E-state index is 0.104. The van der Waals surface area contributed by atoms with Gasteiger partial charge in [-0.1, -0.05) is 35.5 Å². The van der Waals surface area contributed by atoms with Crippen LogP contribution >= 0.6 is 0 Å². The lowest BCUT2D eigenvalue weighted by Crippen LogP contribution is -2.06. The van der Waals surface area contributed by atoms with E-state index in [2.05, 4.69) is 25.7 Å². The molecule has 0 radical (unpaired) electrons. The van der Waals surface area contributed by atoms with Crippen LogP contribution in [0.1, 0.15) is 16.2 Å². The summed E-state index contributed by atoms with van der Waals surface area (Å²) in [6, 6.07) is 16.1. The average molecular weight is 348 g/mol. The van der Waals surface area contributed by atoms with E-state index in [-0.39, 0.29) is 12.5 Å². The summed E-state index contributed by atoms with van der Waals surface area (Å²) in [4.78, 5) is 16.3. The van der Waals surface area contributed by atoms with Gasteiger partial charge in [0.2, 0.25) is 5.82 Å². The van der Waals surface area contributed by atoms with Gasteiger partial charge in [-0.3, -0.25) is 0 Å². The third-order valence-electron chi connectivity index (χ3n) is 3.54. The van der Waals surface area contributed by atoms with Gasteiger partial charge in [0.1, 0.15) is 6.33 Å². The molecule has 0 atom stereocenters. The molecule has 0 saturated heterocycles. The fraction of sp³-hybridized carbons (Fsp3) is 0.0588. The number of nitrogens with zero attached hydrogens (tertiary/aromatic N) is 6. The smallest absolute Gasteiger partial charge is 0.338 e. The maximum absolute atomic E-state index is 12.1. The summed E-state index contributed by atoms with van der Waals surface area (Å²) in [5.41, 5.74) is 1.95. The number of carbonyl (C=O) groups excluding carboxylic acids is 1. The van der Waals surface area contributed by atoms with Crippen molar-refractivity contribution in [2.75, 3.05) is 0 Å². The second kappa shape index (κ2) is 6.93. The highest BCUT2D eigenvalue weighted by Gasteiger charge is 2.12. The number of carbonyl (C=O) groups is 1. The van der Waals surface area contributed by atoms with Crippen molar-refractivity contribution < 1.29 is 14.1 Å². The quantitative estimate of drug-likeness (QED) is 0.504. The van der Waals surface area contributed by atoms with Crippen molar-refractivity contribution in [3.8, 4) is 17.1 Å². The van der Waals surface area contributed by atoms with Crippen molar-refractivity contribution in [1.29, 1.82) is 0 Å². The molecule has 0 bridgehead atoms. The number of benzene rings is 2. The topological polar surface area (TPSA) is 109 Å². The third kappa shape index (κ3) is 3.31. The molecule has 26 heavy (non-hydrogen) atoms. The van der Waals surface area contributed by atoms with Gasteiger partial charge >= 0.3 is 5.97 Å². The summed E-state index contributed by atoms with van der Waals surface area (Å²) in [6.45, 7) is -0.104. The largest absolute Gasteiger partial charge is 0.452 e. The fourth-order valence-electron chi connectivity index (χ4n) is 2.26. The number of hydrogen-bond acceptors (Lipinski definition) is 8. The molecule has 2 heterocycles. The SMILES string of the molecule is O=C(OCc1nc(-c2ccccc2)no1)c1ccc(-n2cnnn2)cc1. The summed E-state index contributed by atoms with van der Waals surface area (Å²) >= 11 is 0. The Labute approximate surface area is 147 Å². The van der Waals surface area contributed by atoms with Crippen molar-refractivity contribution in [2.45, 2.75) is 6.61 Å². The first-order valence-electron chi connectivity index (χ1n) is 7.68. The summed E-state index contributed by atoms with van der Waals surface area (Å²) in [6.07, 6.45) is 1.47. The zero-order valence-electron chi connectivity index (χ0n) is 13.4. The molecule has 2 aromatic heterocycles. The molecule has 128 valence electrons. The third-order valence-corrected chi connectivity index (χ3v) is 3.54. The Morgan fingerprint density at radius 3 is 2.62 bits per heavy atom. The van der Waals surface area contributed by atoms with E-state index in [1.807, 2.05) is 30.3 Å². The Morgan fingerprint density at radius 2 is 1.88 bits per heavy atom. The lowest BCUT2D eigenvalue weighted by atomic mass is 10.2. The molecule has 4 rings (SSSR count). The predicted molar refractivity (Wildman–Crippen MR) is 88.0 cm³/mol. The summed E-state index contributed by atoms with van der Waals surface area (Å²) in [5.74, 6) is 0.178. The molecule has 0 unspecified atom stereocenters. The molecule has 0 fully saturated rings. The number of ether oxygens (including phenoxy) is 1. The van der Waals surface area contributed by atoms with E-state index in [9.17, 15) is 4.79 Å². The van der Waals surface area contributed by atoms with Gasteiger partial charge in [0.25, 0.3) is 5.89 Å². The average Bonchev–Trinajstić information content (AvgIpc) is 3.39. The Hall–Kier alpha value is -3.88. The fourth-order valence-corrected chi connectivity index (χ4v) is 2.26. The van der Waals surface area contributed by atoms with E-state index < -0.39 is 5.97 Å². The monoisotopic (exact) mass is 348 g/mol. The van der Waals surface area contributed by atoms with Gasteiger partial charge in [0.15, 0.2) is 6.61 Å². The Kier molecular flexibility index (Phi) is 4.17. The number of aromatic nitrogens is 6. The van der Waals surface area contributed by atoms with Gasteiger partial charge in [0.05, 0.1) is 11.3 Å². The maximum Gasteiger partial charge on any atom is 0.338 e. The molecular formula is C17H12N6O3. The molecule has 2 aromatic carbocycles. The lowest BCUT2D eigenvalue weighted by Gasteiger charge is -2.03. The Balaban J connectivity index is 1.39. The van der Waals surface area contributed by atoms with Gasteiger partial charge in [-0.15, -0.1) is 5.10 Å². The first kappa shape index (κ1) is 15.6. The van der Waals surface area contributed by atoms with Crippen LogP contribution in [-0.2, 0) is 11.3 Å². The summed E-state index contributed by atoms with van der Waals surface area (Å²) in [7, 11) is 0. The zero-order chi connectivity index (χ0) is 17.8. The van der Waals surface area contributed by atoms with Crippen LogP contribution in [0.2, 0.25) is 0 Å². The van der Waals surface area contributed by atoms with E-state index in [0.29, 0.717) is 11.4 Å². The first-order chi connectivity index (χ1) is 12.8. The van der Waals surface area contributed by atoms with Crippen LogP contribution in [0.5, 0.6) is 0 Å². The highest BCUT2D eigenvalue weighted by molar-refractivity contribution is 5.89. The highest BCUT2D eigenvalue weighted by atomic mass is 16.6. The molecule has 0 amide bonds. The van der Waals surface area contributed by atoms with E-state index in [1.165, 1.54) is 11.0 Å². The molecule has 0 aliphatic carbocycles. The number of rotatable bonds is 5. The molecule has 0 spiro atoms. The summed E-state index contributed by atoms with van der Waals surface area (Å²) < 4.78 is 11.8. The summed E-state index contributed by atoms with van der Waals surface area (Å²) in [5, 5.41) is 14.8. The van der Waals surface area contributed by atoms with Crippen molar-refractivity contribution in [3.05, 3.63) is 72.4 Å². The van der Waals surface area contributed by atoms with Crippen LogP contribution in [0.4, 0.5) is 0 Å². The zero-order valence-corrected chi connectivity index (χ0v) is 13.4. The van der Waals surface area contributed by atoms with Crippen LogP contribution in [-0.4, -0.2) is 36.3 Å².